The molecule has 2 atom stereocenters. The maximum atomic E-state index is 14.8. The lowest BCUT2D eigenvalue weighted by Crippen LogP contribution is -2.49. The van der Waals surface area contributed by atoms with E-state index in [-0.39, 0.29) is 83.6 Å². The average molecular weight is 878 g/mol. The number of anilines is 1. The molecule has 2 unspecified atom stereocenters. The number of aromatic amines is 1. The van der Waals surface area contributed by atoms with E-state index in [9.17, 15) is 14.4 Å². The molecule has 0 bridgehead atoms. The summed E-state index contributed by atoms with van der Waals surface area (Å²) in [5.74, 6) is 0.364. The number of urea groups is 1. The fraction of sp³-hybridized carbons (Fsp3) is 0.688. The van der Waals surface area contributed by atoms with E-state index in [1.807, 2.05) is 0 Å². The van der Waals surface area contributed by atoms with Gasteiger partial charge in [-0.05, 0) is 54.2 Å². The number of carbonyl (C=O) groups is 3. The number of nitrogens with one attached hydrogen (secondary N) is 2. The van der Waals surface area contributed by atoms with Crippen molar-refractivity contribution in [3.8, 4) is 23.0 Å². The largest absolute Gasteiger partial charge is 0.491 e. The van der Waals surface area contributed by atoms with Crippen molar-refractivity contribution in [1.82, 2.24) is 24.4 Å². The fourth-order valence-electron chi connectivity index (χ4n) is 8.43. The van der Waals surface area contributed by atoms with Gasteiger partial charge in [0.2, 0.25) is 5.88 Å². The van der Waals surface area contributed by atoms with Crippen LogP contribution in [0.2, 0.25) is 0 Å². The maximum absolute atomic E-state index is 14.8. The minimum absolute atomic E-state index is 0.0400. The van der Waals surface area contributed by atoms with Gasteiger partial charge in [-0.25, -0.2) is 28.7 Å². The number of methoxy groups -OCH3 is 2. The van der Waals surface area contributed by atoms with Crippen LogP contribution in [0.15, 0.2) is 18.2 Å². The van der Waals surface area contributed by atoms with Crippen LogP contribution in [0.25, 0.3) is 21.9 Å². The van der Waals surface area contributed by atoms with Crippen LogP contribution in [-0.2, 0) is 14.2 Å². The van der Waals surface area contributed by atoms with Crippen molar-refractivity contribution in [2.24, 2.45) is 28.6 Å². The van der Waals surface area contributed by atoms with Crippen LogP contribution < -0.4 is 14.8 Å². The number of ether oxygens (including phenoxy) is 5. The molecule has 1 saturated carbocycles. The molecule has 2 aromatic heterocycles. The highest BCUT2D eigenvalue weighted by Gasteiger charge is 2.48. The standard InChI is InChI=1S/C48H75N7O8/c1-14-15-16-17-18-19-20-21-26-61-37-23-22-33(31-36(37)50-45(57)53(10)11)41-51-42-38(44(56)62-40-34(47(3,4)5)29-32(2)30-35(40)48(6,7)8)39(49-9)43(55(42)52-41)63-46(58)54(24-27-59-12)25-28-60-13/h22-23,31-32,34-35,40H,14-21,24-30H2,1-8,10-13H3,(H,50,57)(H,51,52). The lowest BCUT2D eigenvalue weighted by atomic mass is 9.59. The third kappa shape index (κ3) is 13.6. The summed E-state index contributed by atoms with van der Waals surface area (Å²) >= 11 is 0. The second-order valence-electron chi connectivity index (χ2n) is 19.5. The van der Waals surface area contributed by atoms with E-state index >= 15 is 0 Å². The molecule has 1 aliphatic carbocycles. The van der Waals surface area contributed by atoms with Gasteiger partial charge < -0.3 is 38.8 Å². The van der Waals surface area contributed by atoms with Crippen molar-refractivity contribution in [3.63, 3.8) is 0 Å². The number of aromatic nitrogens is 3. The molecular formula is C48H75N7O8. The van der Waals surface area contributed by atoms with Crippen LogP contribution in [0.1, 0.15) is 130 Å². The van der Waals surface area contributed by atoms with Gasteiger partial charge in [-0.3, -0.25) is 5.10 Å². The van der Waals surface area contributed by atoms with Crippen LogP contribution >= 0.6 is 0 Å². The predicted octanol–water partition coefficient (Wildman–Crippen LogP) is 10.9. The number of hydrogen-bond acceptors (Lipinski definition) is 9. The second-order valence-corrected chi connectivity index (χ2v) is 19.5. The second kappa shape index (κ2) is 23.2. The summed E-state index contributed by atoms with van der Waals surface area (Å²) in [5.41, 5.74) is 0.350. The number of esters is 1. The number of H-pyrrole nitrogens is 1. The van der Waals surface area contributed by atoms with E-state index in [4.69, 9.17) is 35.2 Å². The molecular weight excluding hydrogens is 803 g/mol. The van der Waals surface area contributed by atoms with Crippen molar-refractivity contribution in [1.29, 1.82) is 0 Å². The van der Waals surface area contributed by atoms with Crippen molar-refractivity contribution >= 4 is 35.1 Å². The van der Waals surface area contributed by atoms with Gasteiger partial charge in [0, 0.05) is 58.8 Å². The first-order chi connectivity index (χ1) is 29.9. The third-order valence-corrected chi connectivity index (χ3v) is 12.1. The van der Waals surface area contributed by atoms with Crippen molar-refractivity contribution in [3.05, 3.63) is 35.2 Å². The van der Waals surface area contributed by atoms with Gasteiger partial charge in [-0.1, -0.05) is 100 Å². The zero-order valence-electron chi connectivity index (χ0n) is 40.2. The molecule has 350 valence electrons. The van der Waals surface area contributed by atoms with Crippen molar-refractivity contribution in [2.75, 3.05) is 66.5 Å². The average Bonchev–Trinajstić information content (AvgIpc) is 3.77. The first-order valence-electron chi connectivity index (χ1n) is 22.8. The summed E-state index contributed by atoms with van der Waals surface area (Å²) < 4.78 is 30.7. The molecule has 1 aromatic carbocycles. The number of rotatable bonds is 21. The summed E-state index contributed by atoms with van der Waals surface area (Å²) in [6.45, 7) is 27.2. The molecule has 4 rings (SSSR count). The molecule has 2 N–H and O–H groups in total. The topological polar surface area (TPSA) is 153 Å². The summed E-state index contributed by atoms with van der Waals surface area (Å²) in [6.07, 6.45) is 9.87. The Balaban J connectivity index is 1.80. The molecule has 3 amide bonds. The highest BCUT2D eigenvalue weighted by molar-refractivity contribution is 6.05. The lowest BCUT2D eigenvalue weighted by molar-refractivity contribution is -0.0922. The van der Waals surface area contributed by atoms with Gasteiger partial charge in [0.05, 0.1) is 32.1 Å². The predicted molar refractivity (Wildman–Crippen MR) is 247 cm³/mol. The van der Waals surface area contributed by atoms with Crippen LogP contribution in [0.5, 0.6) is 11.6 Å². The number of carbonyl (C=O) groups excluding carboxylic acids is 3. The van der Waals surface area contributed by atoms with Crippen LogP contribution in [0.3, 0.4) is 0 Å². The van der Waals surface area contributed by atoms with Crippen LogP contribution in [-0.4, -0.2) is 110 Å². The first kappa shape index (κ1) is 50.8. The Kier molecular flexibility index (Phi) is 18.7. The number of unbranched alkanes of at least 4 members (excludes halogenated alkanes) is 7. The highest BCUT2D eigenvalue weighted by Crippen LogP contribution is 2.50. The van der Waals surface area contributed by atoms with Gasteiger partial charge in [0.15, 0.2) is 11.5 Å². The Morgan fingerprint density at radius 2 is 1.49 bits per heavy atom. The van der Waals surface area contributed by atoms with E-state index in [1.165, 1.54) is 60.6 Å². The van der Waals surface area contributed by atoms with Gasteiger partial charge in [-0.2, -0.15) is 0 Å². The third-order valence-electron chi connectivity index (χ3n) is 12.1. The maximum Gasteiger partial charge on any atom is 0.415 e. The van der Waals surface area contributed by atoms with Gasteiger partial charge in [0.25, 0.3) is 5.69 Å². The molecule has 1 fully saturated rings. The quantitative estimate of drug-likeness (QED) is 0.0605. The van der Waals surface area contributed by atoms with Gasteiger partial charge in [0.1, 0.15) is 17.4 Å². The molecule has 15 heteroatoms. The molecule has 1 aliphatic rings. The molecule has 3 aromatic rings. The van der Waals surface area contributed by atoms with Crippen LogP contribution in [0.4, 0.5) is 21.0 Å². The monoisotopic (exact) mass is 878 g/mol. The Morgan fingerprint density at radius 1 is 0.905 bits per heavy atom. The zero-order valence-corrected chi connectivity index (χ0v) is 40.2. The molecule has 0 radical (unpaired) electrons. The van der Waals surface area contributed by atoms with E-state index < -0.39 is 18.2 Å². The van der Waals surface area contributed by atoms with Crippen molar-refractivity contribution in [2.45, 2.75) is 126 Å². The number of amides is 3. The van der Waals surface area contributed by atoms with E-state index in [0.29, 0.717) is 29.5 Å². The summed E-state index contributed by atoms with van der Waals surface area (Å²) in [6, 6.07) is 4.97. The number of fused-ring (bicyclic) bond motifs is 1. The summed E-state index contributed by atoms with van der Waals surface area (Å²) in [4.78, 5) is 53.2. The number of benzene rings is 1. The molecule has 15 nitrogen and oxygen atoms in total. The van der Waals surface area contributed by atoms with Gasteiger partial charge in [-0.15, -0.1) is 0 Å². The minimum atomic E-state index is -0.766. The summed E-state index contributed by atoms with van der Waals surface area (Å²) in [7, 11) is 6.38. The van der Waals surface area contributed by atoms with Crippen molar-refractivity contribution < 1.29 is 38.1 Å². The van der Waals surface area contributed by atoms with E-state index in [0.717, 1.165) is 32.1 Å². The summed E-state index contributed by atoms with van der Waals surface area (Å²) in [5, 5.41) is 6.13. The van der Waals surface area contributed by atoms with Gasteiger partial charge >= 0.3 is 18.1 Å². The molecule has 63 heavy (non-hydrogen) atoms. The normalized spacial score (nSPS) is 17.9. The Labute approximate surface area is 375 Å². The Hall–Kier alpha value is -4.81. The fourth-order valence-corrected chi connectivity index (χ4v) is 8.43. The van der Waals surface area contributed by atoms with E-state index in [1.54, 1.807) is 32.3 Å². The number of hydrogen-bond donors (Lipinski definition) is 2. The number of nitrogens with zero attached hydrogens (tertiary/aromatic N) is 5. The Morgan fingerprint density at radius 3 is 2.03 bits per heavy atom. The minimum Gasteiger partial charge on any atom is -0.491 e. The van der Waals surface area contributed by atoms with Crippen LogP contribution in [0, 0.1) is 35.2 Å². The van der Waals surface area contributed by atoms with E-state index in [2.05, 4.69) is 70.7 Å². The lowest BCUT2D eigenvalue weighted by Gasteiger charge is -2.50. The first-order valence-corrected chi connectivity index (χ1v) is 22.8. The smallest absolute Gasteiger partial charge is 0.415 e. The Bertz CT molecular complexity index is 1970. The molecule has 2 heterocycles. The molecule has 0 aliphatic heterocycles. The SMILES string of the molecule is [C-]#[N+]c1c(C(=O)OC2C(C(C)(C)C)CC(C)CC2C(C)(C)C)c2nc(-c3ccc(OCCCCCCCCCC)c(NC(=O)N(C)C)c3)[nH]n2c1OC(=O)N(CCOC)CCOC. The molecule has 0 spiro atoms. The highest BCUT2D eigenvalue weighted by atomic mass is 16.6. The zero-order chi connectivity index (χ0) is 46.5. The molecule has 0 saturated heterocycles.